The van der Waals surface area contributed by atoms with Gasteiger partial charge in [-0.05, 0) is 56.0 Å². The Balaban J connectivity index is 0.00000341. The van der Waals surface area contributed by atoms with Gasteiger partial charge in [0.25, 0.3) is 0 Å². The molecule has 0 aliphatic carbocycles. The minimum absolute atomic E-state index is 0. The van der Waals surface area contributed by atoms with Gasteiger partial charge in [-0.15, -0.1) is 35.3 Å². The fraction of sp³-hybridized carbons (Fsp3) is 0.455. The number of carbonyl (C=O) groups is 1. The number of benzene rings is 1. The van der Waals surface area contributed by atoms with E-state index in [1.165, 1.54) is 5.00 Å². The molecule has 170 valence electrons. The highest BCUT2D eigenvalue weighted by Crippen LogP contribution is 2.22. The van der Waals surface area contributed by atoms with E-state index in [-0.39, 0.29) is 36.0 Å². The number of thiophene rings is 1. The summed E-state index contributed by atoms with van der Waals surface area (Å²) in [4.78, 5) is 21.4. The summed E-state index contributed by atoms with van der Waals surface area (Å²) < 4.78 is 0. The lowest BCUT2D eigenvalue weighted by molar-refractivity contribution is 0.250. The van der Waals surface area contributed by atoms with Gasteiger partial charge in [-0.25, -0.2) is 9.79 Å². The number of halogens is 1. The topological polar surface area (TPSA) is 72.0 Å². The second-order valence-corrected chi connectivity index (χ2v) is 8.47. The number of urea groups is 1. The normalized spacial score (nSPS) is 14.3. The highest BCUT2D eigenvalue weighted by Gasteiger charge is 2.20. The van der Waals surface area contributed by atoms with Crippen LogP contribution in [0.4, 0.5) is 15.5 Å². The van der Waals surface area contributed by atoms with Gasteiger partial charge in [0.1, 0.15) is 0 Å². The van der Waals surface area contributed by atoms with Crippen LogP contribution in [0.2, 0.25) is 0 Å². The zero-order chi connectivity index (χ0) is 21.3. The highest BCUT2D eigenvalue weighted by atomic mass is 127. The maximum absolute atomic E-state index is 11.8. The molecular weight excluding hydrogens is 523 g/mol. The molecule has 0 spiro atoms. The van der Waals surface area contributed by atoms with E-state index in [0.29, 0.717) is 6.54 Å². The van der Waals surface area contributed by atoms with Crippen LogP contribution < -0.4 is 20.9 Å². The zero-order valence-electron chi connectivity index (χ0n) is 18.4. The first-order valence-corrected chi connectivity index (χ1v) is 11.4. The molecule has 0 radical (unpaired) electrons. The third kappa shape index (κ3) is 7.88. The Kier molecular flexibility index (Phi) is 10.4. The van der Waals surface area contributed by atoms with Crippen molar-refractivity contribution < 1.29 is 4.79 Å². The molecule has 2 aromatic rings. The Morgan fingerprint density at radius 2 is 1.84 bits per heavy atom. The molecule has 2 heterocycles. The number of nitrogens with zero attached hydrogens (tertiary/aromatic N) is 3. The summed E-state index contributed by atoms with van der Waals surface area (Å²) in [6, 6.07) is 12.1. The van der Waals surface area contributed by atoms with Crippen LogP contribution in [0.25, 0.3) is 0 Å². The largest absolute Gasteiger partial charge is 0.360 e. The van der Waals surface area contributed by atoms with E-state index in [4.69, 9.17) is 4.99 Å². The Hall–Kier alpha value is -2.01. The third-order valence-corrected chi connectivity index (χ3v) is 5.70. The van der Waals surface area contributed by atoms with Crippen LogP contribution in [0.5, 0.6) is 0 Å². The zero-order valence-corrected chi connectivity index (χ0v) is 21.6. The number of guanidine groups is 1. The molecule has 9 heteroatoms. The molecule has 0 unspecified atom stereocenters. The van der Waals surface area contributed by atoms with Crippen LogP contribution in [-0.4, -0.2) is 55.7 Å². The average Bonchev–Trinajstić information content (AvgIpc) is 3.27. The van der Waals surface area contributed by atoms with Crippen molar-refractivity contribution in [3.63, 3.8) is 0 Å². The van der Waals surface area contributed by atoms with Gasteiger partial charge in [-0.3, -0.25) is 0 Å². The summed E-state index contributed by atoms with van der Waals surface area (Å²) >= 11 is 1.80. The Labute approximate surface area is 206 Å². The molecule has 0 saturated carbocycles. The first-order chi connectivity index (χ1) is 14.5. The molecule has 0 bridgehead atoms. The number of rotatable bonds is 6. The van der Waals surface area contributed by atoms with E-state index in [0.717, 1.165) is 49.9 Å². The van der Waals surface area contributed by atoms with Crippen LogP contribution in [-0.2, 0) is 6.54 Å². The lowest BCUT2D eigenvalue weighted by Gasteiger charge is -2.37. The van der Waals surface area contributed by atoms with Crippen molar-refractivity contribution in [3.8, 4) is 0 Å². The number of amides is 2. The first kappa shape index (κ1) is 25.3. The van der Waals surface area contributed by atoms with Crippen LogP contribution in [0.1, 0.15) is 26.3 Å². The van der Waals surface area contributed by atoms with Gasteiger partial charge in [0, 0.05) is 44.5 Å². The number of anilines is 2. The van der Waals surface area contributed by atoms with Crippen molar-refractivity contribution in [1.82, 2.24) is 15.5 Å². The summed E-state index contributed by atoms with van der Waals surface area (Å²) in [5.41, 5.74) is 1.88. The van der Waals surface area contributed by atoms with E-state index in [1.807, 2.05) is 38.1 Å². The summed E-state index contributed by atoms with van der Waals surface area (Å²) in [7, 11) is 0. The fourth-order valence-electron chi connectivity index (χ4n) is 3.30. The van der Waals surface area contributed by atoms with Crippen LogP contribution in [0.3, 0.4) is 0 Å². The number of hydrogen-bond donors (Lipinski definition) is 3. The van der Waals surface area contributed by atoms with Crippen molar-refractivity contribution >= 4 is 58.0 Å². The summed E-state index contributed by atoms with van der Waals surface area (Å²) in [5.74, 6) is 0.960. The average molecular weight is 557 g/mol. The van der Waals surface area contributed by atoms with Gasteiger partial charge >= 0.3 is 6.03 Å². The lowest BCUT2D eigenvalue weighted by atomic mass is 10.2. The Morgan fingerprint density at radius 3 is 2.42 bits per heavy atom. The molecule has 1 aliphatic rings. The van der Waals surface area contributed by atoms with Gasteiger partial charge in [0.05, 0.1) is 11.5 Å². The van der Waals surface area contributed by atoms with Gasteiger partial charge in [0.2, 0.25) is 0 Å². The lowest BCUT2D eigenvalue weighted by Crippen LogP contribution is -2.52. The van der Waals surface area contributed by atoms with Gasteiger partial charge in [0.15, 0.2) is 5.96 Å². The number of aliphatic imine (C=N–C) groups is 1. The van der Waals surface area contributed by atoms with Gasteiger partial charge in [-0.2, -0.15) is 0 Å². The molecule has 1 aromatic heterocycles. The van der Waals surface area contributed by atoms with E-state index in [1.54, 1.807) is 11.3 Å². The molecule has 3 N–H and O–H groups in total. The van der Waals surface area contributed by atoms with E-state index < -0.39 is 0 Å². The van der Waals surface area contributed by atoms with E-state index in [2.05, 4.69) is 50.2 Å². The number of hydrogen-bond acceptors (Lipinski definition) is 4. The van der Waals surface area contributed by atoms with Crippen molar-refractivity contribution in [1.29, 1.82) is 0 Å². The van der Waals surface area contributed by atoms with Crippen LogP contribution in [0.15, 0.2) is 46.8 Å². The molecule has 3 rings (SSSR count). The van der Waals surface area contributed by atoms with Crippen LogP contribution in [0, 0.1) is 0 Å². The SMILES string of the molecule is CCNC(=NCc1ccc(NC(=O)NC(C)C)cc1)N1CCN(c2cccs2)CC1.I. The van der Waals surface area contributed by atoms with Gasteiger partial charge < -0.3 is 25.8 Å². The fourth-order valence-corrected chi connectivity index (χ4v) is 4.09. The highest BCUT2D eigenvalue weighted by molar-refractivity contribution is 14.0. The van der Waals surface area contributed by atoms with Gasteiger partial charge in [-0.1, -0.05) is 12.1 Å². The first-order valence-electron chi connectivity index (χ1n) is 10.5. The Morgan fingerprint density at radius 1 is 1.13 bits per heavy atom. The molecular formula is C22H33IN6OS. The molecule has 7 nitrogen and oxygen atoms in total. The minimum atomic E-state index is -0.188. The third-order valence-electron chi connectivity index (χ3n) is 4.77. The number of nitrogens with one attached hydrogen (secondary N) is 3. The van der Waals surface area contributed by atoms with Crippen molar-refractivity contribution in [2.45, 2.75) is 33.4 Å². The van der Waals surface area contributed by atoms with Crippen molar-refractivity contribution in [2.24, 2.45) is 4.99 Å². The van der Waals surface area contributed by atoms with Crippen molar-refractivity contribution in [2.75, 3.05) is 42.9 Å². The molecule has 1 aromatic carbocycles. The predicted octanol–water partition coefficient (Wildman–Crippen LogP) is 4.18. The molecule has 0 atom stereocenters. The summed E-state index contributed by atoms with van der Waals surface area (Å²) in [6.07, 6.45) is 0. The molecule has 1 fully saturated rings. The summed E-state index contributed by atoms with van der Waals surface area (Å²) in [6.45, 7) is 11.3. The smallest absolute Gasteiger partial charge is 0.319 e. The molecule has 1 saturated heterocycles. The maximum atomic E-state index is 11.8. The molecule has 2 amide bonds. The number of piperazine rings is 1. The van der Waals surface area contributed by atoms with E-state index in [9.17, 15) is 4.79 Å². The summed E-state index contributed by atoms with van der Waals surface area (Å²) in [5, 5.41) is 12.6. The van der Waals surface area contributed by atoms with E-state index >= 15 is 0 Å². The standard InChI is InChI=1S/C22H32N6OS.HI/c1-4-23-21(28-13-11-27(12-14-28)20-6-5-15-30-20)24-16-18-7-9-19(10-8-18)26-22(29)25-17(2)3;/h5-10,15,17H,4,11-14,16H2,1-3H3,(H,23,24)(H2,25,26,29);1H. The number of carbonyl (C=O) groups excluding carboxylic acids is 1. The van der Waals surface area contributed by atoms with Crippen molar-refractivity contribution in [3.05, 3.63) is 47.3 Å². The predicted molar refractivity (Wildman–Crippen MR) is 142 cm³/mol. The second-order valence-electron chi connectivity index (χ2n) is 7.55. The molecule has 31 heavy (non-hydrogen) atoms. The quantitative estimate of drug-likeness (QED) is 0.284. The molecule has 1 aliphatic heterocycles. The Bertz CT molecular complexity index is 817. The minimum Gasteiger partial charge on any atom is -0.360 e. The monoisotopic (exact) mass is 556 g/mol. The second kappa shape index (κ2) is 12.7. The van der Waals surface area contributed by atoms with Crippen LogP contribution >= 0.6 is 35.3 Å². The maximum Gasteiger partial charge on any atom is 0.319 e.